The van der Waals surface area contributed by atoms with Gasteiger partial charge in [-0.05, 0) is 142 Å². The van der Waals surface area contributed by atoms with Gasteiger partial charge in [0.05, 0.1) is 24.2 Å². The number of hydroxylamine groups is 2. The molecule has 88 heavy (non-hydrogen) atoms. The number of para-hydroxylation sites is 2. The summed E-state index contributed by atoms with van der Waals surface area (Å²) >= 11 is 0. The molecule has 0 spiro atoms. The van der Waals surface area contributed by atoms with Crippen LogP contribution in [0.2, 0.25) is 0 Å². The van der Waals surface area contributed by atoms with Gasteiger partial charge in [-0.25, -0.2) is 29.0 Å². The number of nitrogens with one attached hydrogen (secondary N) is 2. The zero-order valence-corrected chi connectivity index (χ0v) is 55.9. The predicted octanol–water partition coefficient (Wildman–Crippen LogP) is 13.5. The second kappa shape index (κ2) is 30.8. The Bertz CT molecular complexity index is 3100. The molecule has 8 rings (SSSR count). The van der Waals surface area contributed by atoms with Crippen molar-refractivity contribution in [2.45, 2.75) is 189 Å². The van der Waals surface area contributed by atoms with Gasteiger partial charge >= 0.3 is 12.2 Å². The number of nitrogens with zero attached hydrogens (tertiary/aromatic N) is 5. The lowest BCUT2D eigenvalue weighted by atomic mass is 9.74. The third kappa shape index (κ3) is 21.1. The summed E-state index contributed by atoms with van der Waals surface area (Å²) in [5.74, 6) is 0.435. The van der Waals surface area contributed by atoms with Gasteiger partial charge in [0.25, 0.3) is 5.91 Å². The van der Waals surface area contributed by atoms with E-state index in [-0.39, 0.29) is 64.2 Å². The summed E-state index contributed by atoms with van der Waals surface area (Å²) in [5, 5.41) is 19.3. The van der Waals surface area contributed by atoms with Gasteiger partial charge in [-0.2, -0.15) is 0 Å². The number of anilines is 1. The van der Waals surface area contributed by atoms with E-state index in [4.69, 9.17) is 32.9 Å². The number of carbonyl (C=O) groups is 5. The van der Waals surface area contributed by atoms with Crippen LogP contribution in [0.25, 0.3) is 22.2 Å². The van der Waals surface area contributed by atoms with Gasteiger partial charge in [0.1, 0.15) is 28.1 Å². The lowest BCUT2D eigenvalue weighted by molar-refractivity contribution is -0.174. The second-order valence-electron chi connectivity index (χ2n) is 28.4. The minimum Gasteiger partial charge on any atom is -0.444 e. The molecule has 4 atom stereocenters. The number of unbranched alkanes of at least 4 members (excludes halogenated alkanes) is 1. The zero-order valence-electron chi connectivity index (χ0n) is 55.9. The van der Waals surface area contributed by atoms with Crippen molar-refractivity contribution in [2.75, 3.05) is 72.5 Å². The van der Waals surface area contributed by atoms with Gasteiger partial charge in [-0.1, -0.05) is 86.6 Å². The van der Waals surface area contributed by atoms with Crippen molar-refractivity contribution in [3.05, 3.63) is 89.4 Å². The molecule has 5 heterocycles. The molecule has 3 aliphatic rings. The van der Waals surface area contributed by atoms with Gasteiger partial charge in [0, 0.05) is 92.8 Å². The summed E-state index contributed by atoms with van der Waals surface area (Å²) < 4.78 is 40.9. The van der Waals surface area contributed by atoms with E-state index < -0.39 is 22.2 Å². The largest absolute Gasteiger partial charge is 0.444 e. The number of likely N-dealkylation sites (tertiary alicyclic amines) is 2. The second-order valence-corrected chi connectivity index (χ2v) is 28.4. The number of aromatic nitrogens is 2. The number of ketones is 1. The van der Waals surface area contributed by atoms with Crippen LogP contribution < -0.4 is 10.6 Å². The van der Waals surface area contributed by atoms with Crippen molar-refractivity contribution < 1.29 is 61.4 Å². The number of hydrogen-bond donors (Lipinski definition) is 3. The monoisotopic (exact) mass is 1230 g/mol. The molecule has 3 saturated heterocycles. The van der Waals surface area contributed by atoms with Crippen LogP contribution in [-0.4, -0.2) is 138 Å². The first-order valence-corrected chi connectivity index (χ1v) is 31.1. The summed E-state index contributed by atoms with van der Waals surface area (Å²) in [7, 11) is 4.75. The highest BCUT2D eigenvalue weighted by molar-refractivity contribution is 6.07. The standard InChI is InChI=1S/C22H30N2O4.C22H34N2O3.C13H24N2O4.C11H14FNO/c1-21(2,3)19-23-16-11-7-10-15(18(16)27-19)17(25)14-9-8-12-24(13-14)20(26)28-22(4,5)6;1-21(2,3)20-24-18-11-7-10-17(19(18)27-20)22(25,12-5-6-14-26-4)16-9-8-13-23-15-16;1-13(2,3)19-12(17)15-8-6-7-10(9-15)11(16)14(4)18-5;1-11(2,3)10(14)13-9-6-4-5-8(12)7-9/h7,10-11,14H,8-9,12-13H2,1-6H3;7,10-11,16,23,25H,5-6,8-9,12-15H2,1-4H3;10H,6-9H2,1-5H3;4-7H,1-3H3,(H,13,14)/t14-;16-,22+;10-;/m111./s1. The molecule has 3 N–H and O–H groups in total. The highest BCUT2D eigenvalue weighted by Gasteiger charge is 2.42. The Morgan fingerprint density at radius 3 is 1.75 bits per heavy atom. The van der Waals surface area contributed by atoms with Crippen LogP contribution in [0, 0.1) is 29.0 Å². The van der Waals surface area contributed by atoms with E-state index in [2.05, 4.69) is 36.4 Å². The number of halogens is 1. The first-order valence-electron chi connectivity index (χ1n) is 31.1. The average molecular weight is 1230 g/mol. The van der Waals surface area contributed by atoms with Crippen LogP contribution in [0.4, 0.5) is 19.7 Å². The number of methoxy groups -OCH3 is 1. The van der Waals surface area contributed by atoms with Gasteiger partial charge in [-0.15, -0.1) is 0 Å². The van der Waals surface area contributed by atoms with Crippen molar-refractivity contribution in [2.24, 2.45) is 23.2 Å². The molecule has 0 saturated carbocycles. The quantitative estimate of drug-likeness (QED) is 0.0599. The summed E-state index contributed by atoms with van der Waals surface area (Å²) in [6.07, 6.45) is 7.03. The number of rotatable bonds is 12. The maximum atomic E-state index is 13.3. The molecular weight excluding hydrogens is 1130 g/mol. The van der Waals surface area contributed by atoms with E-state index in [1.807, 2.05) is 113 Å². The molecule has 0 aliphatic carbocycles. The number of oxazole rings is 2. The van der Waals surface area contributed by atoms with E-state index in [0.29, 0.717) is 66.7 Å². The van der Waals surface area contributed by atoms with Crippen LogP contribution in [-0.2, 0) is 45.1 Å². The molecule has 4 amide bonds. The Balaban J connectivity index is 0.000000221. The normalized spacial score (nSPS) is 18.3. The number of benzene rings is 3. The van der Waals surface area contributed by atoms with Gasteiger partial charge in [0.15, 0.2) is 16.9 Å². The smallest absolute Gasteiger partial charge is 0.410 e. The molecule has 5 aromatic rings. The summed E-state index contributed by atoms with van der Waals surface area (Å²) in [4.78, 5) is 78.5. The Labute approximate surface area is 521 Å². The third-order valence-corrected chi connectivity index (χ3v) is 15.2. The van der Waals surface area contributed by atoms with Gasteiger partial charge in [0.2, 0.25) is 17.7 Å². The highest BCUT2D eigenvalue weighted by Crippen LogP contribution is 2.42. The van der Waals surface area contributed by atoms with Gasteiger partial charge < -0.3 is 48.6 Å². The van der Waals surface area contributed by atoms with E-state index in [1.54, 1.807) is 42.2 Å². The van der Waals surface area contributed by atoms with Crippen molar-refractivity contribution >= 4 is 57.7 Å². The summed E-state index contributed by atoms with van der Waals surface area (Å²) in [6.45, 7) is 33.4. The Hall–Kier alpha value is -6.48. The van der Waals surface area contributed by atoms with Crippen LogP contribution in [0.3, 0.4) is 0 Å². The van der Waals surface area contributed by atoms with Crippen molar-refractivity contribution in [3.8, 4) is 0 Å². The van der Waals surface area contributed by atoms with E-state index in [0.717, 1.165) is 87.7 Å². The first kappa shape index (κ1) is 72.3. The fourth-order valence-corrected chi connectivity index (χ4v) is 10.3. The molecule has 0 bridgehead atoms. The number of fused-ring (bicyclic) bond motifs is 2. The fraction of sp³-hybridized carbons (Fsp3) is 0.632. The summed E-state index contributed by atoms with van der Waals surface area (Å²) in [6, 6.07) is 17.3. The Morgan fingerprint density at radius 1 is 0.705 bits per heavy atom. The average Bonchev–Trinajstić information content (AvgIpc) is 2.48. The molecule has 3 aromatic carbocycles. The SMILES string of the molecule is CC(C)(C)C(=O)Nc1cccc(F)c1.CC(C)(C)OC(=O)N1CCC[C@@H](C(=O)c2cccc3nc(C(C)(C)C)oc23)C1.COCCCC[C@@](O)(c1cccc2nc(C(C)(C)C)oc12)[C@@H]1CCCNC1.CON(C)C(=O)[C@@H]1CCCN(C(=O)OC(C)(C)C)C1. The van der Waals surface area contributed by atoms with Crippen LogP contribution in [0.5, 0.6) is 0 Å². The zero-order chi connectivity index (χ0) is 65.6. The van der Waals surface area contributed by atoms with Crippen LogP contribution >= 0.6 is 0 Å². The number of amides is 4. The molecule has 3 aliphatic heterocycles. The van der Waals surface area contributed by atoms with E-state index >= 15 is 0 Å². The predicted molar refractivity (Wildman–Crippen MR) is 340 cm³/mol. The number of hydrogen-bond acceptors (Lipinski definition) is 15. The lowest BCUT2D eigenvalue weighted by Crippen LogP contribution is -2.47. The number of aliphatic hydroxyl groups is 1. The number of piperidine rings is 3. The highest BCUT2D eigenvalue weighted by atomic mass is 19.1. The molecule has 488 valence electrons. The maximum absolute atomic E-state index is 13.3. The first-order chi connectivity index (χ1) is 40.9. The summed E-state index contributed by atoms with van der Waals surface area (Å²) in [5.41, 5.74) is 1.84. The van der Waals surface area contributed by atoms with Crippen molar-refractivity contribution in [1.29, 1.82) is 0 Å². The van der Waals surface area contributed by atoms with E-state index in [1.165, 1.54) is 24.3 Å². The Kier molecular flexibility index (Phi) is 25.3. The van der Waals surface area contributed by atoms with Gasteiger partial charge in [-0.3, -0.25) is 19.2 Å². The van der Waals surface area contributed by atoms with Crippen LogP contribution in [0.15, 0.2) is 69.5 Å². The van der Waals surface area contributed by atoms with Crippen molar-refractivity contribution in [1.82, 2.24) is 30.1 Å². The molecule has 3 fully saturated rings. The molecular formula is C68H102FN7O12. The number of carbonyl (C=O) groups excluding carboxylic acids is 5. The molecule has 2 aromatic heterocycles. The molecule has 0 unspecified atom stereocenters. The fourth-order valence-electron chi connectivity index (χ4n) is 10.3. The van der Waals surface area contributed by atoms with Crippen LogP contribution in [0.1, 0.15) is 189 Å². The Morgan fingerprint density at radius 2 is 1.24 bits per heavy atom. The lowest BCUT2D eigenvalue weighted by Gasteiger charge is -2.39. The molecule has 0 radical (unpaired) electrons. The van der Waals surface area contributed by atoms with Crippen molar-refractivity contribution in [3.63, 3.8) is 0 Å². The third-order valence-electron chi connectivity index (χ3n) is 15.2. The minimum atomic E-state index is -0.921. The number of Topliss-reactive ketones (excluding diaryl/α,β-unsaturated/α-hetero) is 1. The van der Waals surface area contributed by atoms with E-state index in [9.17, 15) is 33.5 Å². The number of ether oxygens (including phenoxy) is 3. The molecule has 19 nitrogen and oxygen atoms in total. The topological polar surface area (TPSA) is 228 Å². The maximum Gasteiger partial charge on any atom is 0.410 e. The molecule has 20 heteroatoms. The minimum absolute atomic E-state index is 0.00420.